The van der Waals surface area contributed by atoms with E-state index < -0.39 is 9.92 Å². The molecule has 0 aromatic heterocycles. The van der Waals surface area contributed by atoms with Crippen molar-refractivity contribution in [1.29, 1.82) is 0 Å². The monoisotopic (exact) mass is 122 g/mol. The number of halogens is 1. The Hall–Kier alpha value is 1.24. The van der Waals surface area contributed by atoms with Crippen molar-refractivity contribution in [3.05, 3.63) is 0 Å². The van der Waals surface area contributed by atoms with Crippen LogP contribution in [0.4, 0.5) is 0 Å². The zero-order chi connectivity index (χ0) is 3.58. The molecule has 0 saturated carbocycles. The van der Waals surface area contributed by atoms with Crippen LogP contribution in [0.1, 0.15) is 0 Å². The summed E-state index contributed by atoms with van der Waals surface area (Å²) < 4.78 is 17.5. The van der Waals surface area contributed by atoms with E-state index in [1.165, 1.54) is 0 Å². The van der Waals surface area contributed by atoms with E-state index in [0.717, 1.165) is 0 Å². The first-order valence-corrected chi connectivity index (χ1v) is 2.39. The summed E-state index contributed by atoms with van der Waals surface area (Å²) in [5.74, 6) is 0. The number of rotatable bonds is 0. The summed E-state index contributed by atoms with van der Waals surface area (Å²) in [6.45, 7) is 0. The summed E-state index contributed by atoms with van der Waals surface area (Å²) in [6.07, 6.45) is 0. The normalized spacial score (nSPS) is 6.80. The van der Waals surface area contributed by atoms with Crippen LogP contribution in [0.5, 0.6) is 0 Å². The van der Waals surface area contributed by atoms with Crippen molar-refractivity contribution in [3.8, 4) is 0 Å². The Morgan fingerprint density at radius 3 is 1.40 bits per heavy atom. The average Bonchev–Trinajstić information content (AvgIpc) is 0.811. The number of hydrogen-bond donors (Lipinski definition) is 0. The van der Waals surface area contributed by atoms with Crippen molar-refractivity contribution in [2.24, 2.45) is 0 Å². The molecule has 0 heterocycles. The molecule has 0 aliphatic carbocycles. The van der Waals surface area contributed by atoms with E-state index in [1.807, 2.05) is 0 Å². The third-order valence-electron chi connectivity index (χ3n) is 0. The van der Waals surface area contributed by atoms with E-state index in [4.69, 9.17) is 8.42 Å². The molecule has 0 N–H and O–H groups in total. The fourth-order valence-corrected chi connectivity index (χ4v) is 0. The molecule has 5 heavy (non-hydrogen) atoms. The van der Waals surface area contributed by atoms with Crippen LogP contribution in [0.15, 0.2) is 0 Å². The SMILES string of the molecule is O=[S-](=O)Cl.[Na+]. The molecule has 0 radical (unpaired) electrons. The van der Waals surface area contributed by atoms with Crippen LogP contribution in [-0.2, 0) is 18.3 Å². The van der Waals surface area contributed by atoms with Gasteiger partial charge in [-0.15, -0.1) is 0 Å². The maximum Gasteiger partial charge on any atom is 1.00 e. The summed E-state index contributed by atoms with van der Waals surface area (Å²) >= 11 is 0. The second kappa shape index (κ2) is 5.24. The Kier molecular flexibility index (Phi) is 9.99. The third-order valence-corrected chi connectivity index (χ3v) is 0. The molecule has 0 aliphatic rings. The van der Waals surface area contributed by atoms with Crippen molar-refractivity contribution in [2.75, 3.05) is 0 Å². The predicted molar refractivity (Wildman–Crippen MR) is 14.6 cm³/mol. The van der Waals surface area contributed by atoms with Gasteiger partial charge in [-0.3, -0.25) is 0 Å². The summed E-state index contributed by atoms with van der Waals surface area (Å²) in [5, 5.41) is 0. The largest absolute Gasteiger partial charge is 1.00 e. The predicted octanol–water partition coefficient (Wildman–Crippen LogP) is -2.55. The molecule has 0 bridgehead atoms. The van der Waals surface area contributed by atoms with Crippen molar-refractivity contribution in [3.63, 3.8) is 0 Å². The minimum Gasteiger partial charge on any atom is -0.409 e. The number of hydrogen-bond acceptors (Lipinski definition) is 3. The first kappa shape index (κ1) is 9.53. The summed E-state index contributed by atoms with van der Waals surface area (Å²) in [4.78, 5) is 0. The van der Waals surface area contributed by atoms with E-state index in [-0.39, 0.29) is 29.6 Å². The maximum absolute atomic E-state index is 8.77. The van der Waals surface area contributed by atoms with Crippen LogP contribution in [0.3, 0.4) is 0 Å². The summed E-state index contributed by atoms with van der Waals surface area (Å²) in [5.41, 5.74) is 0. The van der Waals surface area contributed by atoms with E-state index >= 15 is 0 Å². The van der Waals surface area contributed by atoms with E-state index in [1.54, 1.807) is 0 Å². The average molecular weight is 123 g/mol. The molecule has 0 rings (SSSR count). The molecule has 2 nitrogen and oxygen atoms in total. The van der Waals surface area contributed by atoms with Gasteiger partial charge in [0.2, 0.25) is 0 Å². The molecule has 0 unspecified atom stereocenters. The van der Waals surface area contributed by atoms with Gasteiger partial charge in [0.1, 0.15) is 0 Å². The van der Waals surface area contributed by atoms with Gasteiger partial charge < -0.3 is 8.42 Å². The smallest absolute Gasteiger partial charge is 0.409 e. The fourth-order valence-electron chi connectivity index (χ4n) is 0. The Labute approximate surface area is 58.3 Å². The quantitative estimate of drug-likeness (QED) is 0.202. The Morgan fingerprint density at radius 1 is 1.40 bits per heavy atom. The zero-order valence-electron chi connectivity index (χ0n) is 2.60. The first-order valence-electron chi connectivity index (χ1n) is 0.488. The van der Waals surface area contributed by atoms with Gasteiger partial charge in [0.05, 0.1) is 0 Å². The van der Waals surface area contributed by atoms with Gasteiger partial charge in [0, 0.05) is 9.92 Å². The third kappa shape index (κ3) is 35.8. The topological polar surface area (TPSA) is 34.1 Å². The molecule has 0 spiro atoms. The Morgan fingerprint density at radius 2 is 1.40 bits per heavy atom. The molecule has 0 aromatic rings. The van der Waals surface area contributed by atoms with Gasteiger partial charge in [-0.25, -0.2) is 0 Å². The van der Waals surface area contributed by atoms with Gasteiger partial charge in [-0.2, -0.15) is 10.7 Å². The first-order chi connectivity index (χ1) is 1.73. The second-order valence-corrected chi connectivity index (χ2v) is 1.34. The van der Waals surface area contributed by atoms with Crippen molar-refractivity contribution >= 4 is 20.6 Å². The minimum atomic E-state index is -2.39. The van der Waals surface area contributed by atoms with E-state index in [2.05, 4.69) is 10.7 Å². The standard InChI is InChI=1S/ClO2S.Na/c1-4(2)3;/q-1;+1. The Bertz CT molecular complexity index is 58.0. The van der Waals surface area contributed by atoms with Crippen LogP contribution in [-0.4, -0.2) is 0 Å². The van der Waals surface area contributed by atoms with Gasteiger partial charge in [-0.1, -0.05) is 0 Å². The van der Waals surface area contributed by atoms with Crippen molar-refractivity contribution in [1.82, 2.24) is 0 Å². The summed E-state index contributed by atoms with van der Waals surface area (Å²) in [6, 6.07) is 0. The molecular formula is ClNaO2S. The molecular weight excluding hydrogens is 123 g/mol. The van der Waals surface area contributed by atoms with Crippen molar-refractivity contribution < 1.29 is 38.0 Å². The molecule has 0 atom stereocenters. The van der Waals surface area contributed by atoms with Crippen LogP contribution in [0.2, 0.25) is 0 Å². The van der Waals surface area contributed by atoms with Gasteiger partial charge >= 0.3 is 29.6 Å². The van der Waals surface area contributed by atoms with Crippen molar-refractivity contribution in [2.45, 2.75) is 0 Å². The van der Waals surface area contributed by atoms with Crippen LogP contribution >= 0.6 is 10.7 Å². The molecule has 26 valence electrons. The van der Waals surface area contributed by atoms with Gasteiger partial charge in [0.15, 0.2) is 0 Å². The Balaban J connectivity index is 0. The fraction of sp³-hybridized carbons (Fsp3) is 0. The molecule has 0 saturated heterocycles. The summed E-state index contributed by atoms with van der Waals surface area (Å²) in [7, 11) is 1.80. The zero-order valence-corrected chi connectivity index (χ0v) is 6.18. The minimum absolute atomic E-state index is 0. The molecule has 0 amide bonds. The van der Waals surface area contributed by atoms with Crippen LogP contribution in [0, 0.1) is 0 Å². The van der Waals surface area contributed by atoms with E-state index in [9.17, 15) is 0 Å². The van der Waals surface area contributed by atoms with E-state index in [0.29, 0.717) is 0 Å². The van der Waals surface area contributed by atoms with Crippen LogP contribution in [0.25, 0.3) is 0 Å². The maximum atomic E-state index is 8.77. The van der Waals surface area contributed by atoms with Gasteiger partial charge in [-0.05, 0) is 0 Å². The molecule has 5 heteroatoms. The van der Waals surface area contributed by atoms with Crippen LogP contribution < -0.4 is 29.6 Å². The molecule has 0 fully saturated rings. The molecule has 0 aromatic carbocycles. The van der Waals surface area contributed by atoms with Gasteiger partial charge in [0.25, 0.3) is 0 Å². The molecule has 0 aliphatic heterocycles. The second-order valence-electron chi connectivity index (χ2n) is 0.194.